The minimum absolute atomic E-state index is 0.0307. The van der Waals surface area contributed by atoms with E-state index in [2.05, 4.69) is 22.0 Å². The molecular weight excluding hydrogens is 426 g/mol. The van der Waals surface area contributed by atoms with Gasteiger partial charge in [-0.1, -0.05) is 18.2 Å². The number of nitrogens with zero attached hydrogens (tertiary/aromatic N) is 2. The van der Waals surface area contributed by atoms with Gasteiger partial charge < -0.3 is 24.7 Å². The van der Waals surface area contributed by atoms with Crippen LogP contribution in [0, 0.1) is 0 Å². The molecule has 0 radical (unpaired) electrons. The van der Waals surface area contributed by atoms with Gasteiger partial charge in [-0.05, 0) is 44.0 Å². The van der Waals surface area contributed by atoms with Crippen molar-refractivity contribution in [3.05, 3.63) is 69.1 Å². The number of hydrogen-bond acceptors (Lipinski definition) is 5. The number of rotatable bonds is 4. The van der Waals surface area contributed by atoms with Gasteiger partial charge in [0.2, 0.25) is 0 Å². The molecule has 1 aliphatic rings. The maximum Gasteiger partial charge on any atom is 0.352 e. The lowest BCUT2D eigenvalue weighted by molar-refractivity contribution is 0.0691. The number of thiophene rings is 1. The fourth-order valence-corrected chi connectivity index (χ4v) is 5.48. The standard InChI is InChI=1S/C24H23N3O4S/c1-24(2,31)19-11-18(27-9-8-13-6-4-5-7-17(13)27)21(32-19)15-12-26(3)22(28)20-14(15)10-16(25-20)23(29)30/h4-7,10-12,25,31H,8-9H2,1-3H3,(H,29,30). The van der Waals surface area contributed by atoms with E-state index in [1.807, 2.05) is 18.2 Å². The molecule has 0 bridgehead atoms. The highest BCUT2D eigenvalue weighted by atomic mass is 32.1. The van der Waals surface area contributed by atoms with E-state index >= 15 is 0 Å². The van der Waals surface area contributed by atoms with Crippen molar-refractivity contribution in [3.63, 3.8) is 0 Å². The lowest BCUT2D eigenvalue weighted by atomic mass is 10.1. The van der Waals surface area contributed by atoms with Crippen molar-refractivity contribution in [1.29, 1.82) is 0 Å². The molecule has 4 aromatic rings. The van der Waals surface area contributed by atoms with Crippen molar-refractivity contribution >= 4 is 39.6 Å². The molecule has 3 N–H and O–H groups in total. The Balaban J connectivity index is 1.80. The van der Waals surface area contributed by atoms with E-state index in [0.29, 0.717) is 5.39 Å². The first-order valence-electron chi connectivity index (χ1n) is 10.3. The second-order valence-corrected chi connectivity index (χ2v) is 9.70. The number of pyridine rings is 1. The zero-order valence-corrected chi connectivity index (χ0v) is 18.8. The van der Waals surface area contributed by atoms with Gasteiger partial charge in [0.25, 0.3) is 5.56 Å². The number of carboxylic acid groups (broad SMARTS) is 1. The van der Waals surface area contributed by atoms with E-state index in [-0.39, 0.29) is 16.8 Å². The number of nitrogens with one attached hydrogen (secondary N) is 1. The molecule has 3 aromatic heterocycles. The second-order valence-electron chi connectivity index (χ2n) is 8.65. The van der Waals surface area contributed by atoms with Crippen LogP contribution in [0.2, 0.25) is 0 Å². The van der Waals surface area contributed by atoms with Crippen LogP contribution < -0.4 is 10.5 Å². The number of fused-ring (bicyclic) bond motifs is 2. The summed E-state index contributed by atoms with van der Waals surface area (Å²) < 4.78 is 1.46. The first-order valence-corrected chi connectivity index (χ1v) is 11.1. The number of H-pyrrole nitrogens is 1. The van der Waals surface area contributed by atoms with Crippen molar-refractivity contribution in [1.82, 2.24) is 9.55 Å². The van der Waals surface area contributed by atoms with Crippen LogP contribution in [0.4, 0.5) is 11.4 Å². The Morgan fingerprint density at radius 3 is 2.66 bits per heavy atom. The molecular formula is C24H23N3O4S. The summed E-state index contributed by atoms with van der Waals surface area (Å²) >= 11 is 1.46. The van der Waals surface area contributed by atoms with Gasteiger partial charge in [0.15, 0.2) is 0 Å². The van der Waals surface area contributed by atoms with Crippen LogP contribution in [0.25, 0.3) is 21.3 Å². The number of aryl methyl sites for hydroxylation is 1. The summed E-state index contributed by atoms with van der Waals surface area (Å²) in [6, 6.07) is 11.8. The number of hydrogen-bond donors (Lipinski definition) is 3. The van der Waals surface area contributed by atoms with E-state index in [1.54, 1.807) is 27.1 Å². The van der Waals surface area contributed by atoms with Crippen LogP contribution in [-0.2, 0) is 19.1 Å². The van der Waals surface area contributed by atoms with E-state index in [4.69, 9.17) is 0 Å². The summed E-state index contributed by atoms with van der Waals surface area (Å²) in [5.74, 6) is -1.12. The molecule has 1 aromatic carbocycles. The molecule has 164 valence electrons. The lowest BCUT2D eigenvalue weighted by Crippen LogP contribution is -2.17. The lowest BCUT2D eigenvalue weighted by Gasteiger charge is -2.20. The third-order valence-corrected chi connectivity index (χ3v) is 7.40. The Morgan fingerprint density at radius 2 is 1.94 bits per heavy atom. The summed E-state index contributed by atoms with van der Waals surface area (Å²) in [5, 5.41) is 20.8. The van der Waals surface area contributed by atoms with Crippen molar-refractivity contribution in [2.45, 2.75) is 25.9 Å². The van der Waals surface area contributed by atoms with Crippen LogP contribution in [-0.4, -0.2) is 32.3 Å². The zero-order valence-electron chi connectivity index (χ0n) is 18.0. The maximum atomic E-state index is 12.7. The summed E-state index contributed by atoms with van der Waals surface area (Å²) in [4.78, 5) is 31.0. The largest absolute Gasteiger partial charge is 0.477 e. The summed E-state index contributed by atoms with van der Waals surface area (Å²) in [6.07, 6.45) is 2.66. The molecule has 8 heteroatoms. The maximum absolute atomic E-state index is 12.7. The number of carboxylic acids is 1. The molecule has 0 saturated carbocycles. The molecule has 32 heavy (non-hydrogen) atoms. The zero-order chi connectivity index (χ0) is 22.8. The van der Waals surface area contributed by atoms with E-state index in [9.17, 15) is 19.8 Å². The van der Waals surface area contributed by atoms with Crippen LogP contribution in [0.1, 0.15) is 34.8 Å². The van der Waals surface area contributed by atoms with E-state index in [1.165, 1.54) is 27.5 Å². The third-order valence-electron chi connectivity index (χ3n) is 5.93. The van der Waals surface area contributed by atoms with Crippen LogP contribution in [0.3, 0.4) is 0 Å². The molecule has 7 nitrogen and oxygen atoms in total. The van der Waals surface area contributed by atoms with Gasteiger partial charge in [-0.25, -0.2) is 4.79 Å². The molecule has 0 saturated heterocycles. The Kier molecular flexibility index (Phi) is 4.54. The molecule has 0 amide bonds. The second kappa shape index (κ2) is 7.08. The minimum atomic E-state index is -1.12. The molecule has 5 rings (SSSR count). The van der Waals surface area contributed by atoms with Crippen molar-refractivity contribution < 1.29 is 15.0 Å². The van der Waals surface area contributed by atoms with Gasteiger partial charge in [0.1, 0.15) is 11.2 Å². The Morgan fingerprint density at radius 1 is 1.19 bits per heavy atom. The average Bonchev–Trinajstić information content (AvgIpc) is 3.46. The molecule has 0 fully saturated rings. The number of benzene rings is 1. The number of aliphatic hydroxyl groups is 1. The van der Waals surface area contributed by atoms with Crippen LogP contribution >= 0.6 is 11.3 Å². The number of aromatic nitrogens is 2. The van der Waals surface area contributed by atoms with Crippen molar-refractivity contribution in [3.8, 4) is 10.4 Å². The highest BCUT2D eigenvalue weighted by molar-refractivity contribution is 7.16. The third kappa shape index (κ3) is 3.14. The van der Waals surface area contributed by atoms with Crippen molar-refractivity contribution in [2.75, 3.05) is 11.4 Å². The monoisotopic (exact) mass is 449 g/mol. The minimum Gasteiger partial charge on any atom is -0.477 e. The van der Waals surface area contributed by atoms with Crippen LogP contribution in [0.5, 0.6) is 0 Å². The Bertz CT molecular complexity index is 1440. The van der Waals surface area contributed by atoms with Gasteiger partial charge in [0, 0.05) is 41.3 Å². The molecule has 0 aliphatic carbocycles. The predicted octanol–water partition coefficient (Wildman–Crippen LogP) is 4.21. The van der Waals surface area contributed by atoms with Crippen molar-refractivity contribution in [2.24, 2.45) is 7.05 Å². The van der Waals surface area contributed by atoms with Crippen LogP contribution in [0.15, 0.2) is 47.4 Å². The first kappa shape index (κ1) is 20.5. The Hall–Kier alpha value is -3.36. The number of anilines is 2. The quantitative estimate of drug-likeness (QED) is 0.433. The highest BCUT2D eigenvalue weighted by Gasteiger charge is 2.29. The smallest absolute Gasteiger partial charge is 0.352 e. The molecule has 0 unspecified atom stereocenters. The van der Waals surface area contributed by atoms with Gasteiger partial charge in [-0.2, -0.15) is 0 Å². The topological polar surface area (TPSA) is 98.6 Å². The summed E-state index contributed by atoms with van der Waals surface area (Å²) in [5.41, 5.74) is 2.97. The number of aromatic carboxylic acids is 1. The highest BCUT2D eigenvalue weighted by Crippen LogP contribution is 2.48. The molecule has 0 atom stereocenters. The SMILES string of the molecule is Cn1cc(-c2sc(C(C)(C)O)cc2N2CCc3ccccc32)c2cc(C(=O)O)[nH]c2c1=O. The van der Waals surface area contributed by atoms with Gasteiger partial charge in [-0.3, -0.25) is 4.79 Å². The normalized spacial score (nSPS) is 13.7. The molecule has 4 heterocycles. The molecule has 0 spiro atoms. The van der Waals surface area contributed by atoms with Gasteiger partial charge in [0.05, 0.1) is 16.2 Å². The fourth-order valence-electron chi connectivity index (χ4n) is 4.29. The first-order chi connectivity index (χ1) is 15.1. The van der Waals surface area contributed by atoms with E-state index < -0.39 is 11.6 Å². The number of aromatic amines is 1. The van der Waals surface area contributed by atoms with Gasteiger partial charge >= 0.3 is 5.97 Å². The summed E-state index contributed by atoms with van der Waals surface area (Å²) in [6.45, 7) is 4.30. The molecule has 1 aliphatic heterocycles. The van der Waals surface area contributed by atoms with Gasteiger partial charge in [-0.15, -0.1) is 11.3 Å². The number of para-hydroxylation sites is 1. The number of carbonyl (C=O) groups is 1. The summed E-state index contributed by atoms with van der Waals surface area (Å²) in [7, 11) is 1.65. The predicted molar refractivity (Wildman–Crippen MR) is 126 cm³/mol. The Labute approximate surface area is 188 Å². The fraction of sp³-hybridized carbons (Fsp3) is 0.250. The van der Waals surface area contributed by atoms with E-state index in [0.717, 1.165) is 39.7 Å². The average molecular weight is 450 g/mol.